The molecule has 0 saturated carbocycles. The molecule has 0 radical (unpaired) electrons. The molecule has 1 fully saturated rings. The molecule has 88 valence electrons. The summed E-state index contributed by atoms with van der Waals surface area (Å²) in [5.41, 5.74) is -0.0661. The molecule has 2 heterocycles. The summed E-state index contributed by atoms with van der Waals surface area (Å²) in [4.78, 5) is 4.28. The monoisotopic (exact) mass is 304 g/mol. The number of ether oxygens (including phenoxy) is 1. The van der Waals surface area contributed by atoms with Crippen LogP contribution in [0.1, 0.15) is 20.3 Å². The summed E-state index contributed by atoms with van der Waals surface area (Å²) in [6.07, 6.45) is 2.79. The summed E-state index contributed by atoms with van der Waals surface area (Å²) in [5.74, 6) is 0.809. The van der Waals surface area contributed by atoms with E-state index in [1.807, 2.05) is 6.07 Å². The van der Waals surface area contributed by atoms with Crippen molar-refractivity contribution in [2.24, 2.45) is 0 Å². The summed E-state index contributed by atoms with van der Waals surface area (Å²) >= 11 is 9.30. The highest BCUT2D eigenvalue weighted by molar-refractivity contribution is 9.10. The molecular formula is C11H14BrClN2O. The Morgan fingerprint density at radius 1 is 1.69 bits per heavy atom. The topological polar surface area (TPSA) is 34.1 Å². The van der Waals surface area contributed by atoms with Crippen molar-refractivity contribution < 1.29 is 4.74 Å². The van der Waals surface area contributed by atoms with Crippen LogP contribution in [0.2, 0.25) is 5.02 Å². The van der Waals surface area contributed by atoms with E-state index in [0.29, 0.717) is 5.02 Å². The minimum absolute atomic E-state index is 0.0661. The third-order valence-electron chi connectivity index (χ3n) is 3.10. The Morgan fingerprint density at radius 2 is 2.44 bits per heavy atom. The van der Waals surface area contributed by atoms with E-state index in [0.717, 1.165) is 23.3 Å². The van der Waals surface area contributed by atoms with E-state index in [-0.39, 0.29) is 11.6 Å². The van der Waals surface area contributed by atoms with Gasteiger partial charge in [-0.15, -0.1) is 0 Å². The van der Waals surface area contributed by atoms with Crippen molar-refractivity contribution in [2.75, 3.05) is 11.9 Å². The molecule has 1 saturated heterocycles. The molecule has 2 unspecified atom stereocenters. The van der Waals surface area contributed by atoms with Crippen LogP contribution in [0.25, 0.3) is 0 Å². The Morgan fingerprint density at radius 3 is 3.00 bits per heavy atom. The number of hydrogen-bond acceptors (Lipinski definition) is 3. The van der Waals surface area contributed by atoms with E-state index in [9.17, 15) is 0 Å². The molecule has 0 bridgehead atoms. The van der Waals surface area contributed by atoms with E-state index in [1.54, 1.807) is 6.20 Å². The highest BCUT2D eigenvalue weighted by Gasteiger charge is 2.37. The Kier molecular flexibility index (Phi) is 3.42. The fraction of sp³-hybridized carbons (Fsp3) is 0.545. The van der Waals surface area contributed by atoms with Gasteiger partial charge in [-0.2, -0.15) is 0 Å². The number of aromatic nitrogens is 1. The summed E-state index contributed by atoms with van der Waals surface area (Å²) in [5, 5.41) is 4.04. The van der Waals surface area contributed by atoms with Gasteiger partial charge in [0.1, 0.15) is 5.82 Å². The van der Waals surface area contributed by atoms with Gasteiger partial charge in [0.15, 0.2) is 0 Å². The highest BCUT2D eigenvalue weighted by atomic mass is 79.9. The zero-order chi connectivity index (χ0) is 11.8. The third kappa shape index (κ3) is 2.34. The highest BCUT2D eigenvalue weighted by Crippen LogP contribution is 2.32. The predicted molar refractivity (Wildman–Crippen MR) is 69.0 cm³/mol. The average molecular weight is 306 g/mol. The lowest BCUT2D eigenvalue weighted by atomic mass is 9.95. The Labute approximate surface area is 109 Å². The molecule has 3 nitrogen and oxygen atoms in total. The van der Waals surface area contributed by atoms with Crippen molar-refractivity contribution >= 4 is 33.3 Å². The lowest BCUT2D eigenvalue weighted by Gasteiger charge is -2.29. The van der Waals surface area contributed by atoms with Gasteiger partial charge >= 0.3 is 0 Å². The van der Waals surface area contributed by atoms with Crippen LogP contribution in [0.3, 0.4) is 0 Å². The van der Waals surface area contributed by atoms with Gasteiger partial charge in [0, 0.05) is 12.8 Å². The van der Waals surface area contributed by atoms with Crippen molar-refractivity contribution in [3.8, 4) is 0 Å². The van der Waals surface area contributed by atoms with Crippen molar-refractivity contribution in [1.82, 2.24) is 4.98 Å². The Bertz CT molecular complexity index is 402. The zero-order valence-corrected chi connectivity index (χ0v) is 11.6. The molecule has 2 atom stereocenters. The van der Waals surface area contributed by atoms with Gasteiger partial charge in [0.05, 0.1) is 21.1 Å². The van der Waals surface area contributed by atoms with Gasteiger partial charge in [-0.1, -0.05) is 11.6 Å². The minimum Gasteiger partial charge on any atom is -0.376 e. The standard InChI is InChI=1S/C11H14BrClN2O/c1-7-11(2,3-4-16-7)15-10-9(12)5-8(13)6-14-10/h5-7H,3-4H2,1-2H3,(H,14,15). The number of anilines is 1. The maximum absolute atomic E-state index is 5.85. The maximum Gasteiger partial charge on any atom is 0.140 e. The maximum atomic E-state index is 5.85. The van der Waals surface area contributed by atoms with Gasteiger partial charge in [0.2, 0.25) is 0 Å². The smallest absolute Gasteiger partial charge is 0.140 e. The average Bonchev–Trinajstić information content (AvgIpc) is 2.52. The van der Waals surface area contributed by atoms with Gasteiger partial charge in [-0.25, -0.2) is 4.98 Å². The number of nitrogens with zero attached hydrogens (tertiary/aromatic N) is 1. The molecule has 1 aromatic rings. The second-order valence-corrected chi connectivity index (χ2v) is 5.58. The Hall–Kier alpha value is -0.320. The molecular weight excluding hydrogens is 291 g/mol. The predicted octanol–water partition coefficient (Wildman–Crippen LogP) is 3.48. The second kappa shape index (κ2) is 4.51. The molecule has 1 aromatic heterocycles. The van der Waals surface area contributed by atoms with Crippen LogP contribution in [0.4, 0.5) is 5.82 Å². The first kappa shape index (κ1) is 12.1. The third-order valence-corrected chi connectivity index (χ3v) is 3.91. The number of pyridine rings is 1. The number of halogens is 2. The van der Waals surface area contributed by atoms with Crippen LogP contribution in [0.5, 0.6) is 0 Å². The van der Waals surface area contributed by atoms with Crippen molar-refractivity contribution in [1.29, 1.82) is 0 Å². The van der Waals surface area contributed by atoms with E-state index < -0.39 is 0 Å². The first-order chi connectivity index (χ1) is 7.51. The molecule has 0 aliphatic carbocycles. The van der Waals surface area contributed by atoms with E-state index in [1.165, 1.54) is 0 Å². The molecule has 1 N–H and O–H groups in total. The fourth-order valence-electron chi connectivity index (χ4n) is 1.78. The molecule has 0 spiro atoms. The van der Waals surface area contributed by atoms with E-state index in [2.05, 4.69) is 40.1 Å². The van der Waals surface area contributed by atoms with E-state index >= 15 is 0 Å². The van der Waals surface area contributed by atoms with Gasteiger partial charge in [-0.3, -0.25) is 0 Å². The van der Waals surface area contributed by atoms with Crippen LogP contribution in [-0.4, -0.2) is 23.2 Å². The summed E-state index contributed by atoms with van der Waals surface area (Å²) < 4.78 is 6.45. The first-order valence-corrected chi connectivity index (χ1v) is 6.39. The largest absolute Gasteiger partial charge is 0.376 e. The fourth-order valence-corrected chi connectivity index (χ4v) is 2.51. The quantitative estimate of drug-likeness (QED) is 0.908. The molecule has 16 heavy (non-hydrogen) atoms. The molecule has 0 aromatic carbocycles. The number of nitrogens with one attached hydrogen (secondary N) is 1. The van der Waals surface area contributed by atoms with Gasteiger partial charge < -0.3 is 10.1 Å². The second-order valence-electron chi connectivity index (χ2n) is 4.29. The SMILES string of the molecule is CC1OCCC1(C)Nc1ncc(Cl)cc1Br. The van der Waals surface area contributed by atoms with E-state index in [4.69, 9.17) is 16.3 Å². The van der Waals surface area contributed by atoms with Crippen LogP contribution in [0, 0.1) is 0 Å². The minimum atomic E-state index is -0.0661. The zero-order valence-electron chi connectivity index (χ0n) is 9.26. The number of rotatable bonds is 2. The first-order valence-electron chi connectivity index (χ1n) is 5.22. The molecule has 5 heteroatoms. The molecule has 2 rings (SSSR count). The Balaban J connectivity index is 2.20. The summed E-state index contributed by atoms with van der Waals surface area (Å²) in [7, 11) is 0. The van der Waals surface area contributed by atoms with Crippen LogP contribution < -0.4 is 5.32 Å². The van der Waals surface area contributed by atoms with Crippen molar-refractivity contribution in [3.63, 3.8) is 0 Å². The van der Waals surface area contributed by atoms with Crippen LogP contribution in [-0.2, 0) is 4.74 Å². The van der Waals surface area contributed by atoms with Crippen LogP contribution >= 0.6 is 27.5 Å². The molecule has 0 amide bonds. The molecule has 1 aliphatic rings. The summed E-state index contributed by atoms with van der Waals surface area (Å²) in [6, 6.07) is 1.83. The number of hydrogen-bond donors (Lipinski definition) is 1. The van der Waals surface area contributed by atoms with Crippen LogP contribution in [0.15, 0.2) is 16.7 Å². The van der Waals surface area contributed by atoms with Crippen molar-refractivity contribution in [3.05, 3.63) is 21.8 Å². The van der Waals surface area contributed by atoms with Gasteiger partial charge in [0.25, 0.3) is 0 Å². The molecule has 1 aliphatic heterocycles. The summed E-state index contributed by atoms with van der Waals surface area (Å²) in [6.45, 7) is 5.01. The normalized spacial score (nSPS) is 29.4. The lowest BCUT2D eigenvalue weighted by molar-refractivity contribution is 0.105. The lowest BCUT2D eigenvalue weighted by Crippen LogP contribution is -2.41. The van der Waals surface area contributed by atoms with Crippen molar-refractivity contribution in [2.45, 2.75) is 31.9 Å². The van der Waals surface area contributed by atoms with Gasteiger partial charge in [-0.05, 0) is 42.3 Å².